The maximum Gasteiger partial charge on any atom is 0.295 e. The van der Waals surface area contributed by atoms with E-state index in [0.29, 0.717) is 29.0 Å². The normalized spacial score (nSPS) is 16.7. The number of phenolic OH excluding ortho intramolecular Hbond substituents is 1. The van der Waals surface area contributed by atoms with E-state index < -0.39 is 17.7 Å². The topological polar surface area (TPSA) is 109 Å². The van der Waals surface area contributed by atoms with Gasteiger partial charge in [0.15, 0.2) is 11.5 Å². The van der Waals surface area contributed by atoms with E-state index in [1.165, 1.54) is 18.1 Å². The lowest BCUT2D eigenvalue weighted by Gasteiger charge is -2.26. The van der Waals surface area contributed by atoms with E-state index in [0.717, 1.165) is 18.4 Å². The van der Waals surface area contributed by atoms with Crippen molar-refractivity contribution in [2.24, 2.45) is 0 Å². The molecule has 1 aliphatic rings. The van der Waals surface area contributed by atoms with E-state index in [2.05, 4.69) is 11.9 Å². The number of aromatic hydroxyl groups is 1. The molecule has 0 aliphatic carbocycles. The Kier molecular flexibility index (Phi) is 7.77. The molecule has 1 atom stereocenters. The maximum absolute atomic E-state index is 13.3. The molecule has 3 aromatic rings. The SMILES string of the molecule is CCCCOc1ccc(C(O)=C2C(=O)C(=O)N(Cc3cccnc3)[C@H]2c2ccc(O)c(OC)c2)c(C)c1. The smallest absolute Gasteiger partial charge is 0.295 e. The molecular formula is C29H30N2O6. The van der Waals surface area contributed by atoms with Gasteiger partial charge in [-0.1, -0.05) is 25.5 Å². The van der Waals surface area contributed by atoms with Gasteiger partial charge in [0.05, 0.1) is 25.3 Å². The van der Waals surface area contributed by atoms with Crippen molar-refractivity contribution in [3.05, 3.63) is 88.8 Å². The molecule has 8 nitrogen and oxygen atoms in total. The Morgan fingerprint density at radius 1 is 1.14 bits per heavy atom. The molecule has 192 valence electrons. The lowest BCUT2D eigenvalue weighted by Crippen LogP contribution is -2.29. The number of aromatic nitrogens is 1. The Morgan fingerprint density at radius 3 is 2.62 bits per heavy atom. The number of unbranched alkanes of at least 4 members (excludes halogenated alkanes) is 1. The molecule has 4 rings (SSSR count). The third-order valence-corrected chi connectivity index (χ3v) is 6.35. The van der Waals surface area contributed by atoms with Crippen molar-refractivity contribution in [1.82, 2.24) is 9.88 Å². The molecule has 1 saturated heterocycles. The summed E-state index contributed by atoms with van der Waals surface area (Å²) in [6, 6.07) is 12.5. The van der Waals surface area contributed by atoms with E-state index >= 15 is 0 Å². The minimum atomic E-state index is -0.908. The number of benzene rings is 2. The molecule has 0 saturated carbocycles. The fourth-order valence-corrected chi connectivity index (χ4v) is 4.41. The van der Waals surface area contributed by atoms with Gasteiger partial charge in [0, 0.05) is 24.5 Å². The van der Waals surface area contributed by atoms with E-state index in [4.69, 9.17) is 9.47 Å². The molecule has 2 aromatic carbocycles. The van der Waals surface area contributed by atoms with E-state index in [9.17, 15) is 19.8 Å². The Hall–Kier alpha value is -4.33. The number of nitrogens with zero attached hydrogens (tertiary/aromatic N) is 2. The summed E-state index contributed by atoms with van der Waals surface area (Å²) in [5.74, 6) is -1.03. The Bertz CT molecular complexity index is 1340. The van der Waals surface area contributed by atoms with Crippen molar-refractivity contribution in [2.75, 3.05) is 13.7 Å². The monoisotopic (exact) mass is 502 g/mol. The second kappa shape index (κ2) is 11.2. The maximum atomic E-state index is 13.3. The molecule has 0 bridgehead atoms. The van der Waals surface area contributed by atoms with Gasteiger partial charge in [0.1, 0.15) is 11.5 Å². The standard InChI is InChI=1S/C29H30N2O6/c1-4-5-13-37-21-9-10-22(18(2)14-21)27(33)25-26(20-8-11-23(32)24(15-20)36-3)31(29(35)28(25)34)17-19-7-6-12-30-16-19/h6-12,14-16,26,32-33H,4-5,13,17H2,1-3H3/t26-/m0/s1. The number of carbonyl (C=O) groups excluding carboxylic acids is 2. The molecule has 1 fully saturated rings. The van der Waals surface area contributed by atoms with Crippen LogP contribution in [0, 0.1) is 6.92 Å². The Morgan fingerprint density at radius 2 is 1.95 bits per heavy atom. The molecular weight excluding hydrogens is 472 g/mol. The average molecular weight is 503 g/mol. The van der Waals surface area contributed by atoms with E-state index in [1.807, 2.05) is 13.0 Å². The highest BCUT2D eigenvalue weighted by molar-refractivity contribution is 6.46. The van der Waals surface area contributed by atoms with Crippen molar-refractivity contribution in [3.63, 3.8) is 0 Å². The Labute approximate surface area is 215 Å². The highest BCUT2D eigenvalue weighted by atomic mass is 16.5. The summed E-state index contributed by atoms with van der Waals surface area (Å²) in [5, 5.41) is 21.6. The van der Waals surface area contributed by atoms with E-state index in [1.54, 1.807) is 48.8 Å². The van der Waals surface area contributed by atoms with Crippen molar-refractivity contribution in [1.29, 1.82) is 0 Å². The molecule has 2 heterocycles. The van der Waals surface area contributed by atoms with Gasteiger partial charge in [0.2, 0.25) is 0 Å². The summed E-state index contributed by atoms with van der Waals surface area (Å²) < 4.78 is 11.0. The largest absolute Gasteiger partial charge is 0.507 e. The number of aryl methyl sites for hydroxylation is 1. The number of ketones is 1. The number of pyridine rings is 1. The van der Waals surface area contributed by atoms with Gasteiger partial charge in [-0.2, -0.15) is 0 Å². The number of hydrogen-bond acceptors (Lipinski definition) is 7. The average Bonchev–Trinajstić information content (AvgIpc) is 3.14. The first-order valence-corrected chi connectivity index (χ1v) is 12.1. The van der Waals surface area contributed by atoms with Crippen LogP contribution in [0.4, 0.5) is 0 Å². The zero-order chi connectivity index (χ0) is 26.5. The molecule has 2 N–H and O–H groups in total. The van der Waals surface area contributed by atoms with Crippen LogP contribution in [-0.2, 0) is 16.1 Å². The second-order valence-electron chi connectivity index (χ2n) is 8.90. The number of likely N-dealkylation sites (tertiary alicyclic amines) is 1. The van der Waals surface area contributed by atoms with Crippen LogP contribution in [0.15, 0.2) is 66.5 Å². The van der Waals surface area contributed by atoms with Gasteiger partial charge in [-0.3, -0.25) is 14.6 Å². The highest BCUT2D eigenvalue weighted by Crippen LogP contribution is 2.43. The highest BCUT2D eigenvalue weighted by Gasteiger charge is 2.46. The Balaban J connectivity index is 1.82. The number of carbonyl (C=O) groups is 2. The molecule has 1 aromatic heterocycles. The van der Waals surface area contributed by atoms with Gasteiger partial charge >= 0.3 is 0 Å². The molecule has 1 amide bonds. The number of methoxy groups -OCH3 is 1. The summed E-state index contributed by atoms with van der Waals surface area (Å²) in [5.41, 5.74) is 2.33. The minimum Gasteiger partial charge on any atom is -0.507 e. The zero-order valence-electron chi connectivity index (χ0n) is 21.1. The van der Waals surface area contributed by atoms with Crippen LogP contribution in [0.2, 0.25) is 0 Å². The predicted octanol–water partition coefficient (Wildman–Crippen LogP) is 4.91. The fraction of sp³-hybridized carbons (Fsp3) is 0.276. The molecule has 0 radical (unpaired) electrons. The van der Waals surface area contributed by atoms with Crippen LogP contribution in [-0.4, -0.2) is 45.5 Å². The zero-order valence-corrected chi connectivity index (χ0v) is 21.1. The quantitative estimate of drug-likeness (QED) is 0.185. The number of ether oxygens (including phenoxy) is 2. The first-order chi connectivity index (χ1) is 17.8. The van der Waals surface area contributed by atoms with Crippen molar-refractivity contribution < 1.29 is 29.3 Å². The summed E-state index contributed by atoms with van der Waals surface area (Å²) >= 11 is 0. The van der Waals surface area contributed by atoms with Crippen LogP contribution < -0.4 is 9.47 Å². The summed E-state index contributed by atoms with van der Waals surface area (Å²) in [6.45, 7) is 4.58. The fourth-order valence-electron chi connectivity index (χ4n) is 4.41. The number of aliphatic hydroxyl groups excluding tert-OH is 1. The van der Waals surface area contributed by atoms with Crippen molar-refractivity contribution >= 4 is 17.4 Å². The van der Waals surface area contributed by atoms with Crippen molar-refractivity contribution in [2.45, 2.75) is 39.3 Å². The minimum absolute atomic E-state index is 0.0376. The lowest BCUT2D eigenvalue weighted by molar-refractivity contribution is -0.140. The van der Waals surface area contributed by atoms with Crippen molar-refractivity contribution in [3.8, 4) is 17.2 Å². The van der Waals surface area contributed by atoms with Crippen LogP contribution in [0.5, 0.6) is 17.2 Å². The third kappa shape index (κ3) is 5.28. The number of phenols is 1. The number of hydrogen-bond donors (Lipinski definition) is 2. The third-order valence-electron chi connectivity index (χ3n) is 6.35. The number of aliphatic hydroxyl groups is 1. The number of amides is 1. The van der Waals surface area contributed by atoms with Gasteiger partial charge < -0.3 is 24.6 Å². The van der Waals surface area contributed by atoms with E-state index in [-0.39, 0.29) is 29.4 Å². The number of rotatable bonds is 9. The molecule has 37 heavy (non-hydrogen) atoms. The van der Waals surface area contributed by atoms with Gasteiger partial charge in [-0.05, 0) is 66.4 Å². The van der Waals surface area contributed by atoms with Gasteiger partial charge in [0.25, 0.3) is 11.7 Å². The van der Waals surface area contributed by atoms with Gasteiger partial charge in [-0.25, -0.2) is 0 Å². The van der Waals surface area contributed by atoms with Gasteiger partial charge in [-0.15, -0.1) is 0 Å². The molecule has 1 aliphatic heterocycles. The summed E-state index contributed by atoms with van der Waals surface area (Å²) in [4.78, 5) is 32.1. The lowest BCUT2D eigenvalue weighted by atomic mass is 9.93. The summed E-state index contributed by atoms with van der Waals surface area (Å²) in [7, 11) is 1.42. The van der Waals surface area contributed by atoms with Crippen LogP contribution >= 0.6 is 0 Å². The predicted molar refractivity (Wildman–Crippen MR) is 138 cm³/mol. The van der Waals surface area contributed by atoms with Crippen LogP contribution in [0.25, 0.3) is 5.76 Å². The molecule has 8 heteroatoms. The first-order valence-electron chi connectivity index (χ1n) is 12.1. The van der Waals surface area contributed by atoms with Crippen LogP contribution in [0.1, 0.15) is 48.1 Å². The van der Waals surface area contributed by atoms with Crippen LogP contribution in [0.3, 0.4) is 0 Å². The summed E-state index contributed by atoms with van der Waals surface area (Å²) in [6.07, 6.45) is 5.18. The molecule has 0 spiro atoms. The number of Topliss-reactive ketones (excluding diaryl/α,β-unsaturated/α-hetero) is 1. The first kappa shape index (κ1) is 25.8. The molecule has 0 unspecified atom stereocenters. The second-order valence-corrected chi connectivity index (χ2v) is 8.90.